The molecule has 0 amide bonds. The molecule has 0 aliphatic heterocycles. The van der Waals surface area contributed by atoms with E-state index < -0.39 is 0 Å². The van der Waals surface area contributed by atoms with Crippen molar-refractivity contribution in [2.45, 2.75) is 20.3 Å². The summed E-state index contributed by atoms with van der Waals surface area (Å²) in [6.07, 6.45) is 2.68. The largest absolute Gasteiger partial charge is 0.464 e. The summed E-state index contributed by atoms with van der Waals surface area (Å²) in [5, 5.41) is 1.18. The van der Waals surface area contributed by atoms with E-state index in [9.17, 15) is 0 Å². The fourth-order valence-corrected chi connectivity index (χ4v) is 1.38. The van der Waals surface area contributed by atoms with Gasteiger partial charge in [0, 0.05) is 5.39 Å². The minimum Gasteiger partial charge on any atom is -0.464 e. The molecule has 0 saturated carbocycles. The van der Waals surface area contributed by atoms with Crippen LogP contribution in [0.5, 0.6) is 0 Å². The number of fused-ring (bicyclic) bond motifs is 1. The lowest BCUT2D eigenvalue weighted by molar-refractivity contribution is 0.610. The number of benzene rings is 1. The van der Waals surface area contributed by atoms with Crippen molar-refractivity contribution in [3.63, 3.8) is 0 Å². The van der Waals surface area contributed by atoms with Crippen molar-refractivity contribution in [3.8, 4) is 0 Å². The Kier molecular flexibility index (Phi) is 4.20. The molecule has 2 rings (SSSR count). The summed E-state index contributed by atoms with van der Waals surface area (Å²) in [6.45, 7) is 4.67. The molecule has 0 unspecified atom stereocenters. The van der Waals surface area contributed by atoms with Gasteiger partial charge in [-0.3, -0.25) is 0 Å². The molecular formula is C12H17NO. The molecule has 0 saturated heterocycles. The zero-order valence-electron chi connectivity index (χ0n) is 8.79. The summed E-state index contributed by atoms with van der Waals surface area (Å²) in [6, 6.07) is 8.01. The average Bonchev–Trinajstić information content (AvgIpc) is 2.66. The topological polar surface area (TPSA) is 39.2 Å². The molecule has 0 atom stereocenters. The SMILES string of the molecule is CC.NCCc1coc2ccccc12. The molecule has 0 aliphatic rings. The lowest BCUT2D eigenvalue weighted by Crippen LogP contribution is -2.01. The second-order valence-corrected chi connectivity index (χ2v) is 2.80. The highest BCUT2D eigenvalue weighted by Crippen LogP contribution is 2.20. The predicted molar refractivity (Wildman–Crippen MR) is 60.3 cm³/mol. The van der Waals surface area contributed by atoms with Crippen molar-refractivity contribution in [2.24, 2.45) is 5.73 Å². The van der Waals surface area contributed by atoms with Crippen molar-refractivity contribution in [1.29, 1.82) is 0 Å². The van der Waals surface area contributed by atoms with E-state index in [2.05, 4.69) is 6.07 Å². The molecule has 2 N–H and O–H groups in total. The van der Waals surface area contributed by atoms with Crippen molar-refractivity contribution in [1.82, 2.24) is 0 Å². The van der Waals surface area contributed by atoms with Crippen LogP contribution in [0.3, 0.4) is 0 Å². The van der Waals surface area contributed by atoms with Crippen LogP contribution in [-0.4, -0.2) is 6.54 Å². The Bertz CT molecular complexity index is 378. The molecule has 2 aromatic rings. The molecule has 0 spiro atoms. The van der Waals surface area contributed by atoms with E-state index in [0.717, 1.165) is 12.0 Å². The number of rotatable bonds is 2. The molecule has 0 radical (unpaired) electrons. The van der Waals surface area contributed by atoms with E-state index in [1.54, 1.807) is 6.26 Å². The highest BCUT2D eigenvalue weighted by Gasteiger charge is 2.02. The first-order valence-electron chi connectivity index (χ1n) is 5.07. The Morgan fingerprint density at radius 3 is 2.64 bits per heavy atom. The van der Waals surface area contributed by atoms with E-state index in [1.807, 2.05) is 32.0 Å². The highest BCUT2D eigenvalue weighted by atomic mass is 16.3. The summed E-state index contributed by atoms with van der Waals surface area (Å²) in [7, 11) is 0. The van der Waals surface area contributed by atoms with Gasteiger partial charge in [0.05, 0.1) is 6.26 Å². The minimum atomic E-state index is 0.670. The monoisotopic (exact) mass is 191 g/mol. The van der Waals surface area contributed by atoms with Crippen LogP contribution in [0.4, 0.5) is 0 Å². The maximum Gasteiger partial charge on any atom is 0.134 e. The summed E-state index contributed by atoms with van der Waals surface area (Å²) in [5.41, 5.74) is 7.62. The Morgan fingerprint density at radius 1 is 1.21 bits per heavy atom. The fourth-order valence-electron chi connectivity index (χ4n) is 1.38. The Labute approximate surface area is 84.7 Å². The first-order chi connectivity index (χ1) is 6.92. The molecule has 0 aliphatic carbocycles. The number of furan rings is 1. The molecule has 1 heterocycles. The summed E-state index contributed by atoms with van der Waals surface area (Å²) >= 11 is 0. The van der Waals surface area contributed by atoms with Crippen LogP contribution < -0.4 is 5.73 Å². The number of para-hydroxylation sites is 1. The summed E-state index contributed by atoms with van der Waals surface area (Å²) in [4.78, 5) is 0. The summed E-state index contributed by atoms with van der Waals surface area (Å²) < 4.78 is 5.35. The molecule has 1 aromatic carbocycles. The third-order valence-electron chi connectivity index (χ3n) is 1.97. The van der Waals surface area contributed by atoms with Gasteiger partial charge in [-0.2, -0.15) is 0 Å². The lowest BCUT2D eigenvalue weighted by atomic mass is 10.1. The second-order valence-electron chi connectivity index (χ2n) is 2.80. The van der Waals surface area contributed by atoms with E-state index in [1.165, 1.54) is 10.9 Å². The van der Waals surface area contributed by atoms with Gasteiger partial charge in [0.1, 0.15) is 5.58 Å². The lowest BCUT2D eigenvalue weighted by Gasteiger charge is -1.91. The quantitative estimate of drug-likeness (QED) is 0.792. The first kappa shape index (κ1) is 10.8. The van der Waals surface area contributed by atoms with Crippen molar-refractivity contribution >= 4 is 11.0 Å². The summed E-state index contributed by atoms with van der Waals surface area (Å²) in [5.74, 6) is 0. The van der Waals surface area contributed by atoms with Crippen LogP contribution in [0.2, 0.25) is 0 Å². The van der Waals surface area contributed by atoms with Gasteiger partial charge in [-0.05, 0) is 24.6 Å². The van der Waals surface area contributed by atoms with Crippen LogP contribution in [0.1, 0.15) is 19.4 Å². The van der Waals surface area contributed by atoms with Crippen LogP contribution in [0.15, 0.2) is 34.9 Å². The molecule has 0 fully saturated rings. The predicted octanol–water partition coefficient (Wildman–Crippen LogP) is 2.96. The molecule has 1 aromatic heterocycles. The second kappa shape index (κ2) is 5.45. The van der Waals surface area contributed by atoms with Gasteiger partial charge in [-0.15, -0.1) is 0 Å². The molecular weight excluding hydrogens is 174 g/mol. The van der Waals surface area contributed by atoms with Crippen molar-refractivity contribution in [3.05, 3.63) is 36.1 Å². The normalized spacial score (nSPS) is 9.64. The van der Waals surface area contributed by atoms with Gasteiger partial charge >= 0.3 is 0 Å². The number of nitrogens with two attached hydrogens (primary N) is 1. The van der Waals surface area contributed by atoms with Gasteiger partial charge in [-0.1, -0.05) is 32.0 Å². The van der Waals surface area contributed by atoms with Gasteiger partial charge in [0.15, 0.2) is 0 Å². The van der Waals surface area contributed by atoms with Gasteiger partial charge in [0.25, 0.3) is 0 Å². The molecule has 2 nitrogen and oxygen atoms in total. The highest BCUT2D eigenvalue weighted by molar-refractivity contribution is 5.80. The van der Waals surface area contributed by atoms with Crippen molar-refractivity contribution in [2.75, 3.05) is 6.54 Å². The van der Waals surface area contributed by atoms with Gasteiger partial charge in [-0.25, -0.2) is 0 Å². The van der Waals surface area contributed by atoms with Crippen LogP contribution in [-0.2, 0) is 6.42 Å². The van der Waals surface area contributed by atoms with E-state index in [0.29, 0.717) is 6.54 Å². The molecule has 14 heavy (non-hydrogen) atoms. The number of hydrogen-bond donors (Lipinski definition) is 1. The van der Waals surface area contributed by atoms with Gasteiger partial charge < -0.3 is 10.2 Å². The van der Waals surface area contributed by atoms with Crippen LogP contribution >= 0.6 is 0 Å². The minimum absolute atomic E-state index is 0.670. The standard InChI is InChI=1S/C10H11NO.C2H6/c11-6-5-8-7-12-10-4-2-1-3-9(8)10;1-2/h1-4,7H,5-6,11H2;1-2H3. The van der Waals surface area contributed by atoms with Crippen LogP contribution in [0, 0.1) is 0 Å². The first-order valence-corrected chi connectivity index (χ1v) is 5.07. The van der Waals surface area contributed by atoms with E-state index >= 15 is 0 Å². The molecule has 2 heteroatoms. The third kappa shape index (κ3) is 2.15. The van der Waals surface area contributed by atoms with E-state index in [-0.39, 0.29) is 0 Å². The number of hydrogen-bond acceptors (Lipinski definition) is 2. The fraction of sp³-hybridized carbons (Fsp3) is 0.333. The average molecular weight is 191 g/mol. The smallest absolute Gasteiger partial charge is 0.134 e. The third-order valence-corrected chi connectivity index (χ3v) is 1.97. The Hall–Kier alpha value is -1.28. The maximum absolute atomic E-state index is 5.47. The Balaban J connectivity index is 0.000000461. The van der Waals surface area contributed by atoms with Crippen molar-refractivity contribution < 1.29 is 4.42 Å². The zero-order chi connectivity index (χ0) is 10.4. The Morgan fingerprint density at radius 2 is 1.93 bits per heavy atom. The maximum atomic E-state index is 5.47. The molecule has 76 valence electrons. The van der Waals surface area contributed by atoms with Crippen LogP contribution in [0.25, 0.3) is 11.0 Å². The van der Waals surface area contributed by atoms with E-state index in [4.69, 9.17) is 10.2 Å². The van der Waals surface area contributed by atoms with Gasteiger partial charge in [0.2, 0.25) is 0 Å². The molecule has 0 bridgehead atoms. The zero-order valence-corrected chi connectivity index (χ0v) is 8.79.